The number of aryl methyl sites for hydroxylation is 1. The van der Waals surface area contributed by atoms with E-state index in [1.54, 1.807) is 23.5 Å². The lowest BCUT2D eigenvalue weighted by Crippen LogP contribution is -2.30. The minimum Gasteiger partial charge on any atom is -0.508 e. The summed E-state index contributed by atoms with van der Waals surface area (Å²) in [6, 6.07) is 9.35. The van der Waals surface area contributed by atoms with E-state index in [9.17, 15) is 5.11 Å². The third-order valence-corrected chi connectivity index (χ3v) is 6.20. The molecule has 0 spiro atoms. The van der Waals surface area contributed by atoms with Gasteiger partial charge in [-0.1, -0.05) is 18.2 Å². The maximum Gasteiger partial charge on any atom is 0.123 e. The van der Waals surface area contributed by atoms with Gasteiger partial charge in [0.2, 0.25) is 0 Å². The first-order chi connectivity index (χ1) is 15.0. The normalized spacial score (nSPS) is 16.9. The van der Waals surface area contributed by atoms with Gasteiger partial charge in [-0.2, -0.15) is 0 Å². The molecule has 0 saturated heterocycles. The summed E-state index contributed by atoms with van der Waals surface area (Å²) in [4.78, 5) is 14.6. The molecule has 4 rings (SSSR count). The number of hydrogen-bond donors (Lipinski definition) is 1. The molecular weight excluding hydrogens is 404 g/mol. The van der Waals surface area contributed by atoms with Crippen LogP contribution in [0.2, 0.25) is 0 Å². The molecule has 0 radical (unpaired) electrons. The van der Waals surface area contributed by atoms with E-state index in [4.69, 9.17) is 0 Å². The average Bonchev–Trinajstić information content (AvgIpc) is 3.18. The highest BCUT2D eigenvalue weighted by molar-refractivity contribution is 7.11. The lowest BCUT2D eigenvalue weighted by atomic mass is 10.2. The molecule has 0 saturated carbocycles. The van der Waals surface area contributed by atoms with Crippen molar-refractivity contribution in [1.82, 2.24) is 9.80 Å². The summed E-state index contributed by atoms with van der Waals surface area (Å²) in [5, 5.41) is 11.5. The van der Waals surface area contributed by atoms with E-state index in [0.29, 0.717) is 5.75 Å². The number of phenols is 1. The zero-order chi connectivity index (χ0) is 22.1. The fourth-order valence-corrected chi connectivity index (χ4v) is 4.16. The first-order valence-corrected chi connectivity index (χ1v) is 11.6. The minimum absolute atomic E-state index is 0.293. The molecule has 2 aliphatic rings. The Hall–Kier alpha value is -2.86. The largest absolute Gasteiger partial charge is 0.508 e. The van der Waals surface area contributed by atoms with E-state index in [1.165, 1.54) is 16.9 Å². The lowest BCUT2D eigenvalue weighted by Gasteiger charge is -2.22. The number of aromatic hydroxyl groups is 1. The summed E-state index contributed by atoms with van der Waals surface area (Å²) in [6.07, 6.45) is 10.6. The Morgan fingerprint density at radius 2 is 1.55 bits per heavy atom. The molecule has 0 amide bonds. The zero-order valence-electron chi connectivity index (χ0n) is 18.7. The second-order valence-electron chi connectivity index (χ2n) is 7.76. The van der Waals surface area contributed by atoms with Crippen molar-refractivity contribution < 1.29 is 5.11 Å². The van der Waals surface area contributed by atoms with E-state index in [0.717, 1.165) is 49.8 Å². The van der Waals surface area contributed by atoms with Gasteiger partial charge in [-0.05, 0) is 72.7 Å². The van der Waals surface area contributed by atoms with Crippen LogP contribution in [-0.2, 0) is 0 Å². The van der Waals surface area contributed by atoms with E-state index >= 15 is 0 Å². The molecular formula is C25H32N4OS. The molecule has 0 unspecified atom stereocenters. The second kappa shape index (κ2) is 11.5. The van der Waals surface area contributed by atoms with Crippen molar-refractivity contribution in [3.05, 3.63) is 63.9 Å². The van der Waals surface area contributed by atoms with Gasteiger partial charge < -0.3 is 14.9 Å². The van der Waals surface area contributed by atoms with Crippen LogP contribution in [0.4, 0.5) is 0 Å². The maximum atomic E-state index is 9.33. The molecule has 0 atom stereocenters. The molecule has 1 N–H and O–H groups in total. The monoisotopic (exact) mass is 436 g/mol. The molecule has 164 valence electrons. The number of thiophene rings is 1. The van der Waals surface area contributed by atoms with Crippen LogP contribution in [0, 0.1) is 6.92 Å². The van der Waals surface area contributed by atoms with E-state index in [-0.39, 0.29) is 0 Å². The molecule has 0 fully saturated rings. The lowest BCUT2D eigenvalue weighted by molar-refractivity contribution is 0.470. The summed E-state index contributed by atoms with van der Waals surface area (Å²) in [7, 11) is 4.15. The Labute approximate surface area is 189 Å². The Morgan fingerprint density at radius 3 is 2.10 bits per heavy atom. The smallest absolute Gasteiger partial charge is 0.123 e. The molecule has 1 aromatic carbocycles. The highest BCUT2D eigenvalue weighted by Crippen LogP contribution is 2.17. The number of aliphatic imine (C=N–C) groups is 2. The highest BCUT2D eigenvalue weighted by Gasteiger charge is 2.08. The van der Waals surface area contributed by atoms with Crippen molar-refractivity contribution in [3.8, 4) is 5.75 Å². The first-order valence-electron chi connectivity index (χ1n) is 10.7. The van der Waals surface area contributed by atoms with Crippen LogP contribution in [0.3, 0.4) is 0 Å². The Balaban J connectivity index is 0.000000176. The molecule has 6 heteroatoms. The van der Waals surface area contributed by atoms with Crippen molar-refractivity contribution in [2.75, 3.05) is 40.3 Å². The maximum absolute atomic E-state index is 9.33. The van der Waals surface area contributed by atoms with E-state index < -0.39 is 0 Å². The fraction of sp³-hybridized carbons (Fsp3) is 0.360. The summed E-state index contributed by atoms with van der Waals surface area (Å²) in [5.41, 5.74) is 2.33. The summed E-state index contributed by atoms with van der Waals surface area (Å²) in [6.45, 7) is 6.19. The molecule has 1 aromatic heterocycles. The third kappa shape index (κ3) is 7.10. The number of rotatable bonds is 4. The van der Waals surface area contributed by atoms with Crippen LogP contribution in [0.5, 0.6) is 5.75 Å². The van der Waals surface area contributed by atoms with E-state index in [2.05, 4.69) is 57.4 Å². The molecule has 2 aromatic rings. The Bertz CT molecular complexity index is 973. The first kappa shape index (κ1) is 22.8. The van der Waals surface area contributed by atoms with Crippen LogP contribution in [-0.4, -0.2) is 66.9 Å². The van der Waals surface area contributed by atoms with Crippen LogP contribution in [0.25, 0.3) is 12.2 Å². The minimum atomic E-state index is 0.293. The topological polar surface area (TPSA) is 51.4 Å². The number of amidine groups is 2. The highest BCUT2D eigenvalue weighted by atomic mass is 32.1. The van der Waals surface area contributed by atoms with Crippen LogP contribution in [0.15, 0.2) is 57.8 Å². The standard InChI is InChI=1S/C13H16N2O.C12H16N2S/c1-15-9-3-8-14-13(15)7-6-11-4-2-5-12(16)10-11;1-10-6-9-15-11(10)4-5-12-13-7-3-8-14(12)2/h2,4-7,10,16H,3,8-9H2,1H3;4-6,9H,3,7-8H2,1-2H3/b7-6+;5-4+. The van der Waals surface area contributed by atoms with Gasteiger partial charge in [0.25, 0.3) is 0 Å². The molecule has 3 heterocycles. The molecule has 2 aliphatic heterocycles. The Kier molecular flexibility index (Phi) is 8.47. The number of benzene rings is 1. The molecule has 0 aliphatic carbocycles. The van der Waals surface area contributed by atoms with Crippen molar-refractivity contribution >= 4 is 35.2 Å². The van der Waals surface area contributed by atoms with Gasteiger partial charge in [-0.25, -0.2) is 0 Å². The quantitative estimate of drug-likeness (QED) is 0.738. The van der Waals surface area contributed by atoms with Crippen LogP contribution in [0.1, 0.15) is 28.8 Å². The predicted octanol–water partition coefficient (Wildman–Crippen LogP) is 4.94. The summed E-state index contributed by atoms with van der Waals surface area (Å²) < 4.78 is 0. The van der Waals surface area contributed by atoms with E-state index in [1.807, 2.05) is 31.3 Å². The van der Waals surface area contributed by atoms with Crippen molar-refractivity contribution in [3.63, 3.8) is 0 Å². The average molecular weight is 437 g/mol. The SMILES string of the molecule is CN1CCCN=C1/C=C/c1cccc(O)c1.Cc1ccsc1/C=C/C1=NCCCN1C. The predicted molar refractivity (Wildman–Crippen MR) is 134 cm³/mol. The second-order valence-corrected chi connectivity index (χ2v) is 8.71. The Morgan fingerprint density at radius 1 is 0.903 bits per heavy atom. The molecule has 5 nitrogen and oxygen atoms in total. The van der Waals surface area contributed by atoms with Crippen molar-refractivity contribution in [2.45, 2.75) is 19.8 Å². The summed E-state index contributed by atoms with van der Waals surface area (Å²) in [5.74, 6) is 2.41. The van der Waals surface area contributed by atoms with Gasteiger partial charge in [-0.3, -0.25) is 9.98 Å². The van der Waals surface area contributed by atoms with Gasteiger partial charge in [0.1, 0.15) is 17.4 Å². The summed E-state index contributed by atoms with van der Waals surface area (Å²) >= 11 is 1.78. The van der Waals surface area contributed by atoms with Crippen LogP contribution >= 0.6 is 11.3 Å². The van der Waals surface area contributed by atoms with Gasteiger partial charge in [0, 0.05) is 45.2 Å². The number of likely N-dealkylation sites (N-methyl/N-ethyl adjacent to an activating group) is 2. The third-order valence-electron chi connectivity index (χ3n) is 5.21. The molecule has 0 bridgehead atoms. The van der Waals surface area contributed by atoms with Gasteiger partial charge in [-0.15, -0.1) is 11.3 Å². The number of nitrogens with zero attached hydrogens (tertiary/aromatic N) is 4. The zero-order valence-corrected chi connectivity index (χ0v) is 19.5. The van der Waals surface area contributed by atoms with Crippen molar-refractivity contribution in [1.29, 1.82) is 0 Å². The van der Waals surface area contributed by atoms with Gasteiger partial charge >= 0.3 is 0 Å². The van der Waals surface area contributed by atoms with Gasteiger partial charge in [0.15, 0.2) is 0 Å². The number of phenolic OH excluding ortho intramolecular Hbond substituents is 1. The van der Waals surface area contributed by atoms with Crippen molar-refractivity contribution in [2.24, 2.45) is 9.98 Å². The number of hydrogen-bond acceptors (Lipinski definition) is 6. The van der Waals surface area contributed by atoms with Crippen LogP contribution < -0.4 is 0 Å². The molecule has 31 heavy (non-hydrogen) atoms. The van der Waals surface area contributed by atoms with Gasteiger partial charge in [0.05, 0.1) is 0 Å². The fourth-order valence-electron chi connectivity index (χ4n) is 3.34.